The highest BCUT2D eigenvalue weighted by molar-refractivity contribution is 7.20. The molecule has 0 spiro atoms. The summed E-state index contributed by atoms with van der Waals surface area (Å²) in [7, 11) is 0. The molecule has 0 aliphatic rings. The van der Waals surface area contributed by atoms with E-state index >= 15 is 0 Å². The summed E-state index contributed by atoms with van der Waals surface area (Å²) in [4.78, 5) is 13.6. The zero-order chi connectivity index (χ0) is 19.0. The Labute approximate surface area is 162 Å². The maximum Gasteiger partial charge on any atom is 0.256 e. The standard InChI is InChI=1S/C20H11ClFN3OS/c21-15-10-12(6-8-16(15)22)24-19-14-7-9-18(26)25(13-4-2-1-3-5-13)20(14)27-17(19)11-23/h1-10,24H. The van der Waals surface area contributed by atoms with E-state index in [1.807, 2.05) is 30.3 Å². The quantitative estimate of drug-likeness (QED) is 0.501. The largest absolute Gasteiger partial charge is 0.353 e. The number of fused-ring (bicyclic) bond motifs is 1. The third-order valence-electron chi connectivity index (χ3n) is 4.05. The Morgan fingerprint density at radius 1 is 1.11 bits per heavy atom. The number of aromatic nitrogens is 1. The molecule has 4 aromatic rings. The lowest BCUT2D eigenvalue weighted by molar-refractivity contribution is 0.628. The van der Waals surface area contributed by atoms with Crippen LogP contribution >= 0.6 is 22.9 Å². The second-order valence-corrected chi connectivity index (χ2v) is 7.14. The average molecular weight is 396 g/mol. The molecule has 1 N–H and O–H groups in total. The van der Waals surface area contributed by atoms with Gasteiger partial charge in [-0.25, -0.2) is 4.39 Å². The fourth-order valence-electron chi connectivity index (χ4n) is 2.82. The molecule has 132 valence electrons. The third-order valence-corrected chi connectivity index (χ3v) is 5.43. The van der Waals surface area contributed by atoms with Crippen molar-refractivity contribution >= 4 is 44.5 Å². The molecule has 0 bridgehead atoms. The fourth-order valence-corrected chi connectivity index (χ4v) is 4.07. The molecule has 2 aromatic heterocycles. The minimum Gasteiger partial charge on any atom is -0.353 e. The Hall–Kier alpha value is -3.14. The van der Waals surface area contributed by atoms with E-state index in [0.717, 1.165) is 11.1 Å². The second-order valence-electron chi connectivity index (χ2n) is 5.73. The van der Waals surface area contributed by atoms with Crippen molar-refractivity contribution in [2.45, 2.75) is 0 Å². The van der Waals surface area contributed by atoms with Crippen LogP contribution in [0.5, 0.6) is 0 Å². The summed E-state index contributed by atoms with van der Waals surface area (Å²) in [5.41, 5.74) is 1.64. The first-order chi connectivity index (χ1) is 13.1. The minimum absolute atomic E-state index is 0.0146. The number of hydrogen-bond acceptors (Lipinski definition) is 4. The summed E-state index contributed by atoms with van der Waals surface area (Å²) in [5.74, 6) is -0.518. The van der Waals surface area contributed by atoms with Crippen LogP contribution in [0.2, 0.25) is 5.02 Å². The molecule has 0 radical (unpaired) electrons. The molecule has 0 fully saturated rings. The predicted molar refractivity (Wildman–Crippen MR) is 107 cm³/mol. The van der Waals surface area contributed by atoms with E-state index in [4.69, 9.17) is 11.6 Å². The smallest absolute Gasteiger partial charge is 0.256 e. The molecule has 0 aliphatic carbocycles. The Bertz CT molecular complexity index is 1260. The van der Waals surface area contributed by atoms with Gasteiger partial charge in [-0.3, -0.25) is 9.36 Å². The number of hydrogen-bond donors (Lipinski definition) is 1. The van der Waals surface area contributed by atoms with Gasteiger partial charge >= 0.3 is 0 Å². The predicted octanol–water partition coefficient (Wildman–Crippen LogP) is 5.46. The molecule has 2 aromatic carbocycles. The van der Waals surface area contributed by atoms with E-state index in [9.17, 15) is 14.4 Å². The van der Waals surface area contributed by atoms with Crippen LogP contribution in [0.3, 0.4) is 0 Å². The van der Waals surface area contributed by atoms with E-state index in [-0.39, 0.29) is 10.6 Å². The molecule has 2 heterocycles. The monoisotopic (exact) mass is 395 g/mol. The van der Waals surface area contributed by atoms with Gasteiger partial charge in [0.2, 0.25) is 0 Å². The Kier molecular flexibility index (Phi) is 4.40. The zero-order valence-electron chi connectivity index (χ0n) is 13.7. The van der Waals surface area contributed by atoms with Crippen molar-refractivity contribution in [3.8, 4) is 11.8 Å². The van der Waals surface area contributed by atoms with Crippen molar-refractivity contribution in [1.29, 1.82) is 5.26 Å². The number of anilines is 2. The number of pyridine rings is 1. The SMILES string of the molecule is N#Cc1sc2c(ccc(=O)n2-c2ccccc2)c1Nc1ccc(F)c(Cl)c1. The number of para-hydroxylation sites is 1. The molecule has 0 unspecified atom stereocenters. The van der Waals surface area contributed by atoms with E-state index in [1.54, 1.807) is 16.7 Å². The van der Waals surface area contributed by atoms with Crippen molar-refractivity contribution in [1.82, 2.24) is 4.57 Å². The first-order valence-corrected chi connectivity index (χ1v) is 9.14. The highest BCUT2D eigenvalue weighted by Gasteiger charge is 2.17. The van der Waals surface area contributed by atoms with E-state index in [2.05, 4.69) is 11.4 Å². The Balaban J connectivity index is 1.93. The number of nitriles is 1. The first kappa shape index (κ1) is 17.3. The van der Waals surface area contributed by atoms with Gasteiger partial charge in [0.25, 0.3) is 5.56 Å². The van der Waals surface area contributed by atoms with E-state index in [1.165, 1.54) is 29.5 Å². The topological polar surface area (TPSA) is 57.8 Å². The number of nitrogens with one attached hydrogen (secondary N) is 1. The molecule has 0 saturated heterocycles. The normalized spacial score (nSPS) is 10.7. The number of rotatable bonds is 3. The van der Waals surface area contributed by atoms with Crippen molar-refractivity contribution in [2.24, 2.45) is 0 Å². The van der Waals surface area contributed by atoms with Crippen molar-refractivity contribution < 1.29 is 4.39 Å². The van der Waals surface area contributed by atoms with Crippen LogP contribution in [-0.2, 0) is 0 Å². The molecule has 0 atom stereocenters. The van der Waals surface area contributed by atoms with Crippen molar-refractivity contribution in [2.75, 3.05) is 5.32 Å². The number of nitrogens with zero attached hydrogens (tertiary/aromatic N) is 2. The van der Waals surface area contributed by atoms with Gasteiger partial charge in [0, 0.05) is 17.1 Å². The van der Waals surface area contributed by atoms with Gasteiger partial charge in [-0.05, 0) is 36.4 Å². The van der Waals surface area contributed by atoms with Gasteiger partial charge in [0.1, 0.15) is 21.6 Å². The van der Waals surface area contributed by atoms with Crippen LogP contribution < -0.4 is 10.9 Å². The summed E-state index contributed by atoms with van der Waals surface area (Å²) in [5, 5.41) is 13.4. The van der Waals surface area contributed by atoms with Crippen LogP contribution in [-0.4, -0.2) is 4.57 Å². The first-order valence-electron chi connectivity index (χ1n) is 7.94. The lowest BCUT2D eigenvalue weighted by Crippen LogP contribution is -2.16. The fraction of sp³-hybridized carbons (Fsp3) is 0. The average Bonchev–Trinajstić information content (AvgIpc) is 3.02. The third kappa shape index (κ3) is 3.08. The van der Waals surface area contributed by atoms with Gasteiger partial charge in [-0.1, -0.05) is 29.8 Å². The molecular weight excluding hydrogens is 385 g/mol. The minimum atomic E-state index is -0.518. The molecule has 0 saturated carbocycles. The number of halogens is 2. The summed E-state index contributed by atoms with van der Waals surface area (Å²) in [6, 6.07) is 18.8. The van der Waals surface area contributed by atoms with Crippen molar-refractivity contribution in [3.05, 3.63) is 86.7 Å². The van der Waals surface area contributed by atoms with Gasteiger partial charge in [-0.15, -0.1) is 11.3 Å². The van der Waals surface area contributed by atoms with Gasteiger partial charge < -0.3 is 5.32 Å². The molecule has 4 rings (SSSR count). The highest BCUT2D eigenvalue weighted by atomic mass is 35.5. The molecule has 27 heavy (non-hydrogen) atoms. The van der Waals surface area contributed by atoms with Gasteiger partial charge in [-0.2, -0.15) is 5.26 Å². The summed E-state index contributed by atoms with van der Waals surface area (Å²) in [6.45, 7) is 0. The maximum absolute atomic E-state index is 13.4. The maximum atomic E-state index is 13.4. The van der Waals surface area contributed by atoms with Crippen LogP contribution in [0, 0.1) is 17.1 Å². The molecular formula is C20H11ClFN3OS. The molecule has 7 heteroatoms. The summed E-state index contributed by atoms with van der Waals surface area (Å²) < 4.78 is 15.0. The second kappa shape index (κ2) is 6.88. The number of thiophene rings is 1. The van der Waals surface area contributed by atoms with Crippen LogP contribution in [0.25, 0.3) is 15.9 Å². The zero-order valence-corrected chi connectivity index (χ0v) is 15.3. The van der Waals surface area contributed by atoms with E-state index in [0.29, 0.717) is 21.1 Å². The number of benzene rings is 2. The highest BCUT2D eigenvalue weighted by Crippen LogP contribution is 2.37. The lowest BCUT2D eigenvalue weighted by atomic mass is 10.2. The Morgan fingerprint density at radius 3 is 2.59 bits per heavy atom. The Morgan fingerprint density at radius 2 is 1.89 bits per heavy atom. The summed E-state index contributed by atoms with van der Waals surface area (Å²) in [6.07, 6.45) is 0. The lowest BCUT2D eigenvalue weighted by Gasteiger charge is -2.09. The van der Waals surface area contributed by atoms with Crippen LogP contribution in [0.1, 0.15) is 4.88 Å². The summed E-state index contributed by atoms with van der Waals surface area (Å²) >= 11 is 7.07. The molecule has 4 nitrogen and oxygen atoms in total. The van der Waals surface area contributed by atoms with Gasteiger partial charge in [0.15, 0.2) is 0 Å². The molecule has 0 amide bonds. The van der Waals surface area contributed by atoms with Gasteiger partial charge in [0.05, 0.1) is 16.4 Å². The van der Waals surface area contributed by atoms with Crippen LogP contribution in [0.15, 0.2) is 65.5 Å². The van der Waals surface area contributed by atoms with Crippen molar-refractivity contribution in [3.63, 3.8) is 0 Å². The molecule has 0 aliphatic heterocycles. The van der Waals surface area contributed by atoms with E-state index < -0.39 is 5.82 Å². The van der Waals surface area contributed by atoms with Crippen LogP contribution in [0.4, 0.5) is 15.8 Å².